The molecular formula is C12H22N4O3S2. The van der Waals surface area contributed by atoms with E-state index in [1.807, 2.05) is 18.9 Å². The number of anilines is 2. The summed E-state index contributed by atoms with van der Waals surface area (Å²) in [6.45, 7) is 4.51. The van der Waals surface area contributed by atoms with Crippen molar-refractivity contribution >= 4 is 38.0 Å². The highest BCUT2D eigenvalue weighted by molar-refractivity contribution is 7.90. The number of aromatic nitrogens is 1. The maximum absolute atomic E-state index is 12.1. The van der Waals surface area contributed by atoms with Crippen molar-refractivity contribution < 1.29 is 13.2 Å². The summed E-state index contributed by atoms with van der Waals surface area (Å²) in [6.07, 6.45) is 2.09. The minimum Gasteiger partial charge on any atom is -0.382 e. The molecule has 1 unspecified atom stereocenters. The molecule has 1 amide bonds. The Morgan fingerprint density at radius 2 is 2.14 bits per heavy atom. The van der Waals surface area contributed by atoms with E-state index in [1.165, 1.54) is 11.3 Å². The van der Waals surface area contributed by atoms with Crippen LogP contribution in [0.5, 0.6) is 0 Å². The van der Waals surface area contributed by atoms with Gasteiger partial charge in [0.05, 0.1) is 5.75 Å². The van der Waals surface area contributed by atoms with Crippen LogP contribution in [0.1, 0.15) is 29.9 Å². The lowest BCUT2D eigenvalue weighted by Gasteiger charge is -2.13. The van der Waals surface area contributed by atoms with E-state index in [2.05, 4.69) is 10.3 Å². The number of nitrogen functional groups attached to an aromatic ring is 1. The van der Waals surface area contributed by atoms with E-state index in [-0.39, 0.29) is 11.6 Å². The Kier molecular flexibility index (Phi) is 5.97. The van der Waals surface area contributed by atoms with E-state index in [1.54, 1.807) is 6.92 Å². The number of hydrogen-bond acceptors (Lipinski definition) is 7. The fourth-order valence-electron chi connectivity index (χ4n) is 1.86. The van der Waals surface area contributed by atoms with Crippen molar-refractivity contribution in [3.05, 3.63) is 4.88 Å². The number of nitrogens with one attached hydrogen (secondary N) is 1. The van der Waals surface area contributed by atoms with Gasteiger partial charge in [-0.2, -0.15) is 0 Å². The Balaban J connectivity index is 2.79. The molecule has 0 aliphatic carbocycles. The van der Waals surface area contributed by atoms with Crippen molar-refractivity contribution in [2.45, 2.75) is 26.3 Å². The number of thiazole rings is 1. The van der Waals surface area contributed by atoms with Gasteiger partial charge in [-0.05, 0) is 13.3 Å². The summed E-state index contributed by atoms with van der Waals surface area (Å²) < 4.78 is 22.4. The predicted octanol–water partition coefficient (Wildman–Crippen LogP) is 0.734. The van der Waals surface area contributed by atoms with Gasteiger partial charge in [-0.3, -0.25) is 4.79 Å². The van der Waals surface area contributed by atoms with Gasteiger partial charge < -0.3 is 16.0 Å². The molecule has 1 aromatic heterocycles. The fraction of sp³-hybridized carbons (Fsp3) is 0.667. The van der Waals surface area contributed by atoms with Crippen molar-refractivity contribution in [2.75, 3.05) is 36.2 Å². The molecule has 1 atom stereocenters. The quantitative estimate of drug-likeness (QED) is 0.762. The minimum atomic E-state index is -3.14. The molecule has 0 fully saturated rings. The summed E-state index contributed by atoms with van der Waals surface area (Å²) in [5.74, 6) is -0.334. The molecule has 0 radical (unpaired) electrons. The van der Waals surface area contributed by atoms with Crippen molar-refractivity contribution in [3.63, 3.8) is 0 Å². The van der Waals surface area contributed by atoms with Crippen molar-refractivity contribution in [3.8, 4) is 0 Å². The van der Waals surface area contributed by atoms with E-state index < -0.39 is 21.8 Å². The lowest BCUT2D eigenvalue weighted by atomic mass is 10.3. The van der Waals surface area contributed by atoms with Gasteiger partial charge >= 0.3 is 0 Å². The Morgan fingerprint density at radius 3 is 2.67 bits per heavy atom. The van der Waals surface area contributed by atoms with Gasteiger partial charge in [0.15, 0.2) is 5.13 Å². The number of rotatable bonds is 7. The number of carbonyl (C=O) groups is 1. The standard InChI is InChI=1S/C12H22N4O3S2/c1-5-6-16(3)12-15-10(13)9(20-12)11(17)14-8(2)7-21(4,18)19/h8H,5-7,13H2,1-4H3,(H,14,17). The third-order valence-electron chi connectivity index (χ3n) is 2.66. The number of nitrogens with zero attached hydrogens (tertiary/aromatic N) is 2. The van der Waals surface area contributed by atoms with Gasteiger partial charge in [-0.15, -0.1) is 0 Å². The fourth-order valence-corrected chi connectivity index (χ4v) is 3.73. The zero-order valence-electron chi connectivity index (χ0n) is 12.7. The SMILES string of the molecule is CCCN(C)c1nc(N)c(C(=O)NC(C)CS(C)(=O)=O)s1. The minimum absolute atomic E-state index is 0.111. The summed E-state index contributed by atoms with van der Waals surface area (Å²) >= 11 is 1.20. The van der Waals surface area contributed by atoms with Crippen LogP contribution < -0.4 is 16.0 Å². The van der Waals surface area contributed by atoms with Crippen LogP contribution in [0.2, 0.25) is 0 Å². The molecule has 1 heterocycles. The highest BCUT2D eigenvalue weighted by Crippen LogP contribution is 2.27. The smallest absolute Gasteiger partial charge is 0.265 e. The van der Waals surface area contributed by atoms with Crippen LogP contribution in [-0.4, -0.2) is 51.0 Å². The molecule has 0 aliphatic rings. The molecule has 0 bridgehead atoms. The third kappa shape index (κ3) is 5.50. The van der Waals surface area contributed by atoms with E-state index in [4.69, 9.17) is 5.73 Å². The summed E-state index contributed by atoms with van der Waals surface area (Å²) in [5.41, 5.74) is 5.77. The third-order valence-corrected chi connectivity index (χ3v) is 4.95. The van der Waals surface area contributed by atoms with Gasteiger partial charge in [-0.1, -0.05) is 18.3 Å². The van der Waals surface area contributed by atoms with Crippen molar-refractivity contribution in [2.24, 2.45) is 0 Å². The zero-order chi connectivity index (χ0) is 16.2. The Bertz CT molecular complexity index is 598. The first-order chi connectivity index (χ1) is 9.64. The summed E-state index contributed by atoms with van der Waals surface area (Å²) in [6, 6.07) is -0.481. The second-order valence-electron chi connectivity index (χ2n) is 5.10. The highest BCUT2D eigenvalue weighted by Gasteiger charge is 2.20. The molecular weight excluding hydrogens is 312 g/mol. The first kappa shape index (κ1) is 17.7. The highest BCUT2D eigenvalue weighted by atomic mass is 32.2. The summed E-state index contributed by atoms with van der Waals surface area (Å²) in [5, 5.41) is 3.31. The molecule has 1 rings (SSSR count). The van der Waals surface area contributed by atoms with Gasteiger partial charge in [0, 0.05) is 25.9 Å². The van der Waals surface area contributed by atoms with Crippen LogP contribution in [0.4, 0.5) is 10.9 Å². The number of hydrogen-bond donors (Lipinski definition) is 2. The van der Waals surface area contributed by atoms with Gasteiger partial charge in [0.25, 0.3) is 5.91 Å². The van der Waals surface area contributed by atoms with Gasteiger partial charge in [-0.25, -0.2) is 13.4 Å². The van der Waals surface area contributed by atoms with Crippen LogP contribution in [-0.2, 0) is 9.84 Å². The number of sulfone groups is 1. The predicted molar refractivity (Wildman–Crippen MR) is 86.7 cm³/mol. The average molecular weight is 334 g/mol. The van der Waals surface area contributed by atoms with Gasteiger partial charge in [0.1, 0.15) is 20.5 Å². The van der Waals surface area contributed by atoms with Crippen LogP contribution >= 0.6 is 11.3 Å². The first-order valence-corrected chi connectivity index (χ1v) is 9.47. The molecule has 21 heavy (non-hydrogen) atoms. The number of nitrogens with two attached hydrogens (primary N) is 1. The number of carbonyl (C=O) groups excluding carboxylic acids is 1. The summed E-state index contributed by atoms with van der Waals surface area (Å²) in [4.78, 5) is 18.5. The normalized spacial score (nSPS) is 13.0. The van der Waals surface area contributed by atoms with Crippen LogP contribution in [0, 0.1) is 0 Å². The maximum atomic E-state index is 12.1. The van der Waals surface area contributed by atoms with Gasteiger partial charge in [0.2, 0.25) is 0 Å². The molecule has 0 saturated heterocycles. The van der Waals surface area contributed by atoms with E-state index >= 15 is 0 Å². The second kappa shape index (κ2) is 7.08. The van der Waals surface area contributed by atoms with Crippen molar-refractivity contribution in [1.29, 1.82) is 0 Å². The molecule has 120 valence electrons. The second-order valence-corrected chi connectivity index (χ2v) is 8.26. The van der Waals surface area contributed by atoms with Crippen LogP contribution in [0.3, 0.4) is 0 Å². The molecule has 7 nitrogen and oxygen atoms in total. The van der Waals surface area contributed by atoms with E-state index in [9.17, 15) is 13.2 Å². The Morgan fingerprint density at radius 1 is 1.52 bits per heavy atom. The molecule has 9 heteroatoms. The Hall–Kier alpha value is -1.35. The van der Waals surface area contributed by atoms with Crippen LogP contribution in [0.25, 0.3) is 0 Å². The van der Waals surface area contributed by atoms with E-state index in [0.29, 0.717) is 10.0 Å². The largest absolute Gasteiger partial charge is 0.382 e. The lowest BCUT2D eigenvalue weighted by molar-refractivity contribution is 0.0948. The van der Waals surface area contributed by atoms with Crippen molar-refractivity contribution in [1.82, 2.24) is 10.3 Å². The topological polar surface area (TPSA) is 105 Å². The molecule has 0 aliphatic heterocycles. The summed E-state index contributed by atoms with van der Waals surface area (Å²) in [7, 11) is -1.26. The molecule has 1 aromatic rings. The maximum Gasteiger partial charge on any atom is 0.265 e. The van der Waals surface area contributed by atoms with Crippen LogP contribution in [0.15, 0.2) is 0 Å². The first-order valence-electron chi connectivity index (χ1n) is 6.60. The molecule has 0 aromatic carbocycles. The van der Waals surface area contributed by atoms with E-state index in [0.717, 1.165) is 19.2 Å². The number of amides is 1. The average Bonchev–Trinajstić information content (AvgIpc) is 2.69. The molecule has 0 saturated carbocycles. The molecule has 0 spiro atoms. The monoisotopic (exact) mass is 334 g/mol. The molecule has 3 N–H and O–H groups in total. The lowest BCUT2D eigenvalue weighted by Crippen LogP contribution is -2.37. The Labute approximate surface area is 129 Å². The zero-order valence-corrected chi connectivity index (χ0v) is 14.3.